The summed E-state index contributed by atoms with van der Waals surface area (Å²) in [7, 11) is 4.09. The van der Waals surface area contributed by atoms with Crippen LogP contribution >= 0.6 is 0 Å². The number of nitrogens with zero attached hydrogens (tertiary/aromatic N) is 3. The van der Waals surface area contributed by atoms with Gasteiger partial charge >= 0.3 is 0 Å². The third-order valence-corrected chi connectivity index (χ3v) is 4.35. The van der Waals surface area contributed by atoms with Gasteiger partial charge in [0.2, 0.25) is 5.91 Å². The van der Waals surface area contributed by atoms with Gasteiger partial charge in [0.15, 0.2) is 0 Å². The second-order valence-corrected chi connectivity index (χ2v) is 6.60. The van der Waals surface area contributed by atoms with E-state index < -0.39 is 0 Å². The molecule has 5 heteroatoms. The Morgan fingerprint density at radius 2 is 1.92 bits per heavy atom. The largest absolute Gasteiger partial charge is 0.353 e. The van der Waals surface area contributed by atoms with Crippen LogP contribution in [0.1, 0.15) is 29.9 Å². The van der Waals surface area contributed by atoms with Gasteiger partial charge in [-0.1, -0.05) is 30.3 Å². The van der Waals surface area contributed by atoms with E-state index in [4.69, 9.17) is 0 Å². The van der Waals surface area contributed by atoms with Gasteiger partial charge in [0, 0.05) is 18.3 Å². The molecular formula is C19H28N4O. The molecule has 0 unspecified atom stereocenters. The minimum Gasteiger partial charge on any atom is -0.353 e. The summed E-state index contributed by atoms with van der Waals surface area (Å²) in [5.41, 5.74) is 3.21. The summed E-state index contributed by atoms with van der Waals surface area (Å²) in [5.74, 6) is 0.00103. The van der Waals surface area contributed by atoms with Gasteiger partial charge in [-0.25, -0.2) is 0 Å². The SMILES string of the molecule is Cc1cc(C)n([C@@H](C)C(=O)NC[C@H](Cc2ccccc2)N(C)C)n1. The Kier molecular flexibility index (Phi) is 6.15. The molecule has 0 bridgehead atoms. The van der Waals surface area contributed by atoms with Gasteiger partial charge in [-0.05, 0) is 52.9 Å². The first kappa shape index (κ1) is 18.2. The number of nitrogens with one attached hydrogen (secondary N) is 1. The topological polar surface area (TPSA) is 50.2 Å². The van der Waals surface area contributed by atoms with Crippen LogP contribution in [0.2, 0.25) is 0 Å². The molecule has 1 aromatic carbocycles. The fourth-order valence-electron chi connectivity index (χ4n) is 2.84. The van der Waals surface area contributed by atoms with Gasteiger partial charge in [-0.2, -0.15) is 5.10 Å². The van der Waals surface area contributed by atoms with Gasteiger partial charge in [0.1, 0.15) is 6.04 Å². The van der Waals surface area contributed by atoms with E-state index in [0.717, 1.165) is 17.8 Å². The van der Waals surface area contributed by atoms with Crippen LogP contribution in [0, 0.1) is 13.8 Å². The van der Waals surface area contributed by atoms with E-state index in [0.29, 0.717) is 6.54 Å². The molecule has 0 aliphatic heterocycles. The van der Waals surface area contributed by atoms with E-state index >= 15 is 0 Å². The number of hydrogen-bond donors (Lipinski definition) is 1. The van der Waals surface area contributed by atoms with E-state index in [2.05, 4.69) is 27.4 Å². The maximum Gasteiger partial charge on any atom is 0.244 e. The van der Waals surface area contributed by atoms with Crippen LogP contribution in [0.15, 0.2) is 36.4 Å². The summed E-state index contributed by atoms with van der Waals surface area (Å²) in [6, 6.07) is 12.3. The van der Waals surface area contributed by atoms with E-state index in [1.807, 2.05) is 59.1 Å². The van der Waals surface area contributed by atoms with E-state index in [1.165, 1.54) is 5.56 Å². The predicted octanol–water partition coefficient (Wildman–Crippen LogP) is 2.35. The first-order valence-corrected chi connectivity index (χ1v) is 8.39. The van der Waals surface area contributed by atoms with Crippen LogP contribution in [0.25, 0.3) is 0 Å². The smallest absolute Gasteiger partial charge is 0.244 e. The molecule has 24 heavy (non-hydrogen) atoms. The lowest BCUT2D eigenvalue weighted by Crippen LogP contribution is -2.43. The lowest BCUT2D eigenvalue weighted by molar-refractivity contribution is -0.124. The monoisotopic (exact) mass is 328 g/mol. The van der Waals surface area contributed by atoms with Gasteiger partial charge in [-0.3, -0.25) is 9.48 Å². The van der Waals surface area contributed by atoms with Crippen molar-refractivity contribution in [1.82, 2.24) is 20.0 Å². The molecule has 2 rings (SSSR count). The normalized spacial score (nSPS) is 13.8. The van der Waals surface area contributed by atoms with Gasteiger partial charge in [0.05, 0.1) is 5.69 Å². The van der Waals surface area contributed by atoms with Crippen molar-refractivity contribution < 1.29 is 4.79 Å². The Bertz CT molecular complexity index is 663. The fourth-order valence-corrected chi connectivity index (χ4v) is 2.84. The number of aromatic nitrogens is 2. The highest BCUT2D eigenvalue weighted by atomic mass is 16.2. The van der Waals surface area contributed by atoms with E-state index in [-0.39, 0.29) is 18.0 Å². The number of rotatable bonds is 7. The Labute approximate surface area is 144 Å². The highest BCUT2D eigenvalue weighted by Crippen LogP contribution is 2.11. The zero-order valence-electron chi connectivity index (χ0n) is 15.3. The second-order valence-electron chi connectivity index (χ2n) is 6.60. The molecule has 0 aliphatic carbocycles. The molecule has 0 aliphatic rings. The molecule has 0 radical (unpaired) electrons. The Balaban J connectivity index is 1.96. The molecule has 0 saturated heterocycles. The Morgan fingerprint density at radius 1 is 1.25 bits per heavy atom. The van der Waals surface area contributed by atoms with Crippen molar-refractivity contribution >= 4 is 5.91 Å². The third kappa shape index (κ3) is 4.68. The highest BCUT2D eigenvalue weighted by Gasteiger charge is 2.20. The molecule has 1 N–H and O–H groups in total. The second kappa shape index (κ2) is 8.11. The summed E-state index contributed by atoms with van der Waals surface area (Å²) in [6.45, 7) is 6.42. The van der Waals surface area contributed by atoms with Crippen LogP contribution in [-0.4, -0.2) is 47.3 Å². The zero-order valence-corrected chi connectivity index (χ0v) is 15.3. The van der Waals surface area contributed by atoms with Crippen LogP contribution in [0.4, 0.5) is 0 Å². The summed E-state index contributed by atoms with van der Waals surface area (Å²) in [4.78, 5) is 14.6. The highest BCUT2D eigenvalue weighted by molar-refractivity contribution is 5.79. The van der Waals surface area contributed by atoms with Crippen molar-refractivity contribution in [3.8, 4) is 0 Å². The number of aryl methyl sites for hydroxylation is 2. The average Bonchev–Trinajstić information content (AvgIpc) is 2.89. The fraction of sp³-hybridized carbons (Fsp3) is 0.474. The molecule has 1 amide bonds. The summed E-state index contributed by atoms with van der Waals surface area (Å²) in [6.07, 6.45) is 0.905. The predicted molar refractivity (Wildman–Crippen MR) is 97.0 cm³/mol. The molecule has 2 aromatic rings. The summed E-state index contributed by atoms with van der Waals surface area (Å²) < 4.78 is 1.78. The first-order valence-electron chi connectivity index (χ1n) is 8.39. The lowest BCUT2D eigenvalue weighted by atomic mass is 10.1. The number of likely N-dealkylation sites (N-methyl/N-ethyl adjacent to an activating group) is 1. The molecule has 0 fully saturated rings. The first-order chi connectivity index (χ1) is 11.4. The quantitative estimate of drug-likeness (QED) is 0.849. The van der Waals surface area contributed by atoms with Gasteiger partial charge in [-0.15, -0.1) is 0 Å². The van der Waals surface area contributed by atoms with Crippen molar-refractivity contribution in [3.05, 3.63) is 53.3 Å². The van der Waals surface area contributed by atoms with Crippen LogP contribution in [0.5, 0.6) is 0 Å². The lowest BCUT2D eigenvalue weighted by Gasteiger charge is -2.25. The van der Waals surface area contributed by atoms with Gasteiger partial charge < -0.3 is 10.2 Å². The Hall–Kier alpha value is -2.14. The molecule has 2 atom stereocenters. The molecular weight excluding hydrogens is 300 g/mol. The minimum absolute atomic E-state index is 0.00103. The van der Waals surface area contributed by atoms with Crippen LogP contribution < -0.4 is 5.32 Å². The number of hydrogen-bond acceptors (Lipinski definition) is 3. The van der Waals surface area contributed by atoms with Gasteiger partial charge in [0.25, 0.3) is 0 Å². The van der Waals surface area contributed by atoms with Crippen molar-refractivity contribution in [2.45, 2.75) is 39.3 Å². The molecule has 0 spiro atoms. The number of benzene rings is 1. The standard InChI is InChI=1S/C19H28N4O/c1-14-11-15(2)23(21-14)16(3)19(24)20-13-18(22(4)5)12-17-9-7-6-8-10-17/h6-11,16,18H,12-13H2,1-5H3,(H,20,24)/t16-,18-/m0/s1. The van der Waals surface area contributed by atoms with Crippen LogP contribution in [0.3, 0.4) is 0 Å². The van der Waals surface area contributed by atoms with E-state index in [9.17, 15) is 4.79 Å². The zero-order chi connectivity index (χ0) is 17.7. The van der Waals surface area contributed by atoms with Crippen molar-refractivity contribution in [3.63, 3.8) is 0 Å². The minimum atomic E-state index is -0.307. The van der Waals surface area contributed by atoms with Crippen molar-refractivity contribution in [2.24, 2.45) is 0 Å². The third-order valence-electron chi connectivity index (χ3n) is 4.35. The molecule has 5 nitrogen and oxygen atoms in total. The summed E-state index contributed by atoms with van der Waals surface area (Å²) in [5, 5.41) is 7.48. The number of carbonyl (C=O) groups is 1. The average molecular weight is 328 g/mol. The maximum atomic E-state index is 12.5. The van der Waals surface area contributed by atoms with E-state index in [1.54, 1.807) is 4.68 Å². The molecule has 1 aromatic heterocycles. The molecule has 130 valence electrons. The number of carbonyl (C=O) groups excluding carboxylic acids is 1. The molecule has 1 heterocycles. The van der Waals surface area contributed by atoms with Crippen molar-refractivity contribution in [1.29, 1.82) is 0 Å². The van der Waals surface area contributed by atoms with Crippen LogP contribution in [-0.2, 0) is 11.2 Å². The Morgan fingerprint density at radius 3 is 2.46 bits per heavy atom. The summed E-state index contributed by atoms with van der Waals surface area (Å²) >= 11 is 0. The molecule has 0 saturated carbocycles. The number of amides is 1. The van der Waals surface area contributed by atoms with Crippen molar-refractivity contribution in [2.75, 3.05) is 20.6 Å². The maximum absolute atomic E-state index is 12.5.